The number of ether oxygens (including phenoxy) is 1. The Bertz CT molecular complexity index is 770. The lowest BCUT2D eigenvalue weighted by Crippen LogP contribution is -2.46. The second kappa shape index (κ2) is 8.86. The Morgan fingerprint density at radius 1 is 1.19 bits per heavy atom. The molecule has 1 saturated heterocycles. The highest BCUT2D eigenvalue weighted by Crippen LogP contribution is 2.25. The summed E-state index contributed by atoms with van der Waals surface area (Å²) in [5, 5.41) is 2.93. The van der Waals surface area contributed by atoms with E-state index in [1.54, 1.807) is 6.20 Å². The van der Waals surface area contributed by atoms with Crippen molar-refractivity contribution in [2.75, 3.05) is 42.9 Å². The first kappa shape index (κ1) is 19.2. The van der Waals surface area contributed by atoms with Gasteiger partial charge in [-0.25, -0.2) is 0 Å². The molecule has 0 unspecified atom stereocenters. The van der Waals surface area contributed by atoms with Crippen LogP contribution in [0, 0.1) is 0 Å². The van der Waals surface area contributed by atoms with E-state index in [1.165, 1.54) is 0 Å². The van der Waals surface area contributed by atoms with Crippen LogP contribution in [-0.2, 0) is 0 Å². The maximum absolute atomic E-state index is 12.7. The van der Waals surface area contributed by atoms with Gasteiger partial charge in [0.25, 0.3) is 5.91 Å². The molecule has 6 nitrogen and oxygen atoms in total. The minimum atomic E-state index is -0.233. The van der Waals surface area contributed by atoms with Gasteiger partial charge in [-0.15, -0.1) is 0 Å². The Morgan fingerprint density at radius 3 is 2.63 bits per heavy atom. The number of hydrogen-bond acceptors (Lipinski definition) is 5. The third-order valence-corrected chi connectivity index (χ3v) is 4.66. The van der Waals surface area contributed by atoms with Gasteiger partial charge in [-0.2, -0.15) is 0 Å². The van der Waals surface area contributed by atoms with Crippen molar-refractivity contribution in [2.24, 2.45) is 0 Å². The maximum atomic E-state index is 12.7. The van der Waals surface area contributed by atoms with Gasteiger partial charge in [0.2, 0.25) is 0 Å². The van der Waals surface area contributed by atoms with Gasteiger partial charge in [0.05, 0.1) is 11.8 Å². The van der Waals surface area contributed by atoms with Crippen LogP contribution in [0.4, 0.5) is 11.4 Å². The standard InChI is InChI=1S/C21H28N4O2/c1-4-24-11-13-25(14-12-24)17-9-10-22-19(15-17)21(26)23-18-7-5-6-8-20(18)27-16(2)3/h5-10,15-16H,4,11-14H2,1-3H3,(H,23,26). The number of nitrogens with zero attached hydrogens (tertiary/aromatic N) is 3. The van der Waals surface area contributed by atoms with E-state index in [4.69, 9.17) is 4.74 Å². The van der Waals surface area contributed by atoms with Gasteiger partial charge in [-0.3, -0.25) is 9.78 Å². The number of pyridine rings is 1. The zero-order chi connectivity index (χ0) is 19.2. The first-order chi connectivity index (χ1) is 13.1. The molecule has 1 aromatic carbocycles. The van der Waals surface area contributed by atoms with Gasteiger partial charge in [0.1, 0.15) is 11.4 Å². The van der Waals surface area contributed by atoms with Gasteiger partial charge < -0.3 is 19.9 Å². The first-order valence-electron chi connectivity index (χ1n) is 9.57. The Balaban J connectivity index is 1.71. The van der Waals surface area contributed by atoms with Crippen LogP contribution in [-0.4, -0.2) is 54.6 Å². The van der Waals surface area contributed by atoms with Crippen molar-refractivity contribution >= 4 is 17.3 Å². The van der Waals surface area contributed by atoms with Crippen molar-refractivity contribution in [3.63, 3.8) is 0 Å². The predicted octanol–water partition coefficient (Wildman–Crippen LogP) is 3.26. The number of hydrogen-bond donors (Lipinski definition) is 1. The van der Waals surface area contributed by atoms with Crippen molar-refractivity contribution in [3.05, 3.63) is 48.3 Å². The van der Waals surface area contributed by atoms with E-state index in [0.29, 0.717) is 17.1 Å². The molecule has 0 radical (unpaired) electrons. The monoisotopic (exact) mass is 368 g/mol. The molecule has 1 N–H and O–H groups in total. The molecule has 0 atom stereocenters. The number of likely N-dealkylation sites (N-methyl/N-ethyl adjacent to an activating group) is 1. The highest BCUT2D eigenvalue weighted by atomic mass is 16.5. The van der Waals surface area contributed by atoms with Crippen LogP contribution in [0.25, 0.3) is 0 Å². The summed E-state index contributed by atoms with van der Waals surface area (Å²) >= 11 is 0. The number of carbonyl (C=O) groups is 1. The van der Waals surface area contributed by atoms with Gasteiger partial charge >= 0.3 is 0 Å². The van der Waals surface area contributed by atoms with Crippen molar-refractivity contribution in [1.82, 2.24) is 9.88 Å². The molecule has 1 amide bonds. The molecule has 0 bridgehead atoms. The topological polar surface area (TPSA) is 57.7 Å². The van der Waals surface area contributed by atoms with E-state index < -0.39 is 0 Å². The van der Waals surface area contributed by atoms with Crippen LogP contribution in [0.5, 0.6) is 5.75 Å². The average Bonchev–Trinajstić information content (AvgIpc) is 2.69. The van der Waals surface area contributed by atoms with Crippen LogP contribution in [0.3, 0.4) is 0 Å². The molecule has 1 aromatic heterocycles. The van der Waals surface area contributed by atoms with Gasteiger partial charge in [0.15, 0.2) is 0 Å². The fourth-order valence-electron chi connectivity index (χ4n) is 3.18. The minimum absolute atomic E-state index is 0.0336. The fraction of sp³-hybridized carbons (Fsp3) is 0.429. The van der Waals surface area contributed by atoms with Crippen molar-refractivity contribution < 1.29 is 9.53 Å². The largest absolute Gasteiger partial charge is 0.489 e. The molecule has 2 heterocycles. The summed E-state index contributed by atoms with van der Waals surface area (Å²) in [4.78, 5) is 21.7. The van der Waals surface area contributed by atoms with E-state index >= 15 is 0 Å². The second-order valence-corrected chi connectivity index (χ2v) is 6.94. The predicted molar refractivity (Wildman–Crippen MR) is 109 cm³/mol. The van der Waals surface area contributed by atoms with E-state index in [9.17, 15) is 4.79 Å². The first-order valence-corrected chi connectivity index (χ1v) is 9.57. The summed E-state index contributed by atoms with van der Waals surface area (Å²) in [5.74, 6) is 0.427. The molecular formula is C21H28N4O2. The lowest BCUT2D eigenvalue weighted by molar-refractivity contribution is 0.102. The SMILES string of the molecule is CCN1CCN(c2ccnc(C(=O)Nc3ccccc3OC(C)C)c2)CC1. The molecule has 2 aromatic rings. The van der Waals surface area contributed by atoms with Gasteiger partial charge in [-0.1, -0.05) is 19.1 Å². The third-order valence-electron chi connectivity index (χ3n) is 4.66. The maximum Gasteiger partial charge on any atom is 0.274 e. The number of amides is 1. The molecule has 27 heavy (non-hydrogen) atoms. The highest BCUT2D eigenvalue weighted by Gasteiger charge is 2.18. The highest BCUT2D eigenvalue weighted by molar-refractivity contribution is 6.04. The van der Waals surface area contributed by atoms with Crippen molar-refractivity contribution in [3.8, 4) is 5.75 Å². The third kappa shape index (κ3) is 4.98. The van der Waals surface area contributed by atoms with Crippen LogP contribution in [0.2, 0.25) is 0 Å². The van der Waals surface area contributed by atoms with Crippen LogP contribution in [0.1, 0.15) is 31.3 Å². The molecule has 0 saturated carbocycles. The molecule has 0 spiro atoms. The number of anilines is 2. The molecule has 1 fully saturated rings. The number of benzene rings is 1. The smallest absolute Gasteiger partial charge is 0.274 e. The number of aromatic nitrogens is 1. The molecule has 1 aliphatic heterocycles. The zero-order valence-electron chi connectivity index (χ0n) is 16.3. The average molecular weight is 368 g/mol. The summed E-state index contributed by atoms with van der Waals surface area (Å²) in [5.41, 5.74) is 2.10. The number of carbonyl (C=O) groups excluding carboxylic acids is 1. The summed E-state index contributed by atoms with van der Waals surface area (Å²) in [7, 11) is 0. The van der Waals surface area contributed by atoms with Crippen LogP contribution in [0.15, 0.2) is 42.6 Å². The van der Waals surface area contributed by atoms with E-state index in [1.807, 2.05) is 50.2 Å². The lowest BCUT2D eigenvalue weighted by Gasteiger charge is -2.35. The number of para-hydroxylation sites is 2. The molecule has 144 valence electrons. The summed E-state index contributed by atoms with van der Waals surface area (Å²) in [6.45, 7) is 11.2. The lowest BCUT2D eigenvalue weighted by atomic mass is 10.2. The minimum Gasteiger partial charge on any atom is -0.489 e. The van der Waals surface area contributed by atoms with Crippen LogP contribution >= 0.6 is 0 Å². The number of nitrogens with one attached hydrogen (secondary N) is 1. The number of rotatable bonds is 6. The van der Waals surface area contributed by atoms with Crippen LogP contribution < -0.4 is 15.0 Å². The Kier molecular flexibility index (Phi) is 6.29. The van der Waals surface area contributed by atoms with Crippen molar-refractivity contribution in [1.29, 1.82) is 0 Å². The molecule has 1 aliphatic rings. The fourth-order valence-corrected chi connectivity index (χ4v) is 3.18. The Hall–Kier alpha value is -2.60. The molecule has 3 rings (SSSR count). The molecule has 0 aliphatic carbocycles. The van der Waals surface area contributed by atoms with E-state index in [2.05, 4.69) is 27.0 Å². The zero-order valence-corrected chi connectivity index (χ0v) is 16.3. The molecule has 6 heteroatoms. The second-order valence-electron chi connectivity index (χ2n) is 6.94. The Labute approximate surface area is 161 Å². The summed E-state index contributed by atoms with van der Waals surface area (Å²) in [6.07, 6.45) is 1.73. The summed E-state index contributed by atoms with van der Waals surface area (Å²) in [6, 6.07) is 11.3. The Morgan fingerprint density at radius 2 is 1.93 bits per heavy atom. The quantitative estimate of drug-likeness (QED) is 0.848. The van der Waals surface area contributed by atoms with E-state index in [-0.39, 0.29) is 12.0 Å². The summed E-state index contributed by atoms with van der Waals surface area (Å²) < 4.78 is 5.77. The van der Waals surface area contributed by atoms with Gasteiger partial charge in [0, 0.05) is 38.1 Å². The van der Waals surface area contributed by atoms with Gasteiger partial charge in [-0.05, 0) is 44.7 Å². The normalized spacial score (nSPS) is 15.0. The van der Waals surface area contributed by atoms with E-state index in [0.717, 1.165) is 38.4 Å². The molecular weight excluding hydrogens is 340 g/mol. The van der Waals surface area contributed by atoms with Crippen molar-refractivity contribution in [2.45, 2.75) is 26.9 Å². The number of piperazine rings is 1.